The minimum atomic E-state index is -0.423. The predicted octanol–water partition coefficient (Wildman–Crippen LogP) is 2.73. The largest absolute Gasteiger partial charge is 0.351 e. The Morgan fingerprint density at radius 1 is 1.09 bits per heavy atom. The molecule has 22 heavy (non-hydrogen) atoms. The smallest absolute Gasteiger partial charge is 0.272 e. The number of nitrogens with zero attached hydrogens (tertiary/aromatic N) is 4. The zero-order valence-electron chi connectivity index (χ0n) is 12.9. The fourth-order valence-corrected chi connectivity index (χ4v) is 2.61. The summed E-state index contributed by atoms with van der Waals surface area (Å²) in [6.45, 7) is 4.35. The van der Waals surface area contributed by atoms with E-state index >= 15 is 0 Å². The predicted molar refractivity (Wildman–Crippen MR) is 83.1 cm³/mol. The molecule has 1 fully saturated rings. The Morgan fingerprint density at radius 3 is 2.27 bits per heavy atom. The number of hydrogen-bond donors (Lipinski definition) is 0. The van der Waals surface area contributed by atoms with Crippen LogP contribution in [0.1, 0.15) is 13.8 Å². The average molecular weight is 298 g/mol. The van der Waals surface area contributed by atoms with E-state index in [2.05, 4.69) is 9.97 Å². The van der Waals surface area contributed by atoms with Gasteiger partial charge in [-0.2, -0.15) is 5.06 Å². The van der Waals surface area contributed by atoms with Crippen LogP contribution in [-0.2, 0) is 4.84 Å². The highest BCUT2D eigenvalue weighted by Gasteiger charge is 2.45. The summed E-state index contributed by atoms with van der Waals surface area (Å²) in [5, 5.41) is 1.35. The Morgan fingerprint density at radius 2 is 1.73 bits per heavy atom. The SMILES string of the molecule is CON1C(=O)N(c2ncc(-c3ccccc3)cn2)CC1(C)C. The Hall–Kier alpha value is -2.47. The third kappa shape index (κ3) is 2.42. The van der Waals surface area contributed by atoms with Gasteiger partial charge < -0.3 is 0 Å². The Bertz CT molecular complexity index is 670. The fraction of sp³-hybridized carbons (Fsp3) is 0.312. The van der Waals surface area contributed by atoms with Crippen molar-refractivity contribution in [1.82, 2.24) is 15.0 Å². The van der Waals surface area contributed by atoms with Crippen molar-refractivity contribution in [3.05, 3.63) is 42.7 Å². The van der Waals surface area contributed by atoms with Crippen molar-refractivity contribution >= 4 is 12.0 Å². The van der Waals surface area contributed by atoms with E-state index in [1.165, 1.54) is 17.1 Å². The van der Waals surface area contributed by atoms with Crippen LogP contribution >= 0.6 is 0 Å². The Balaban J connectivity index is 1.87. The first-order valence-electron chi connectivity index (χ1n) is 7.06. The van der Waals surface area contributed by atoms with Gasteiger partial charge in [-0.05, 0) is 19.4 Å². The van der Waals surface area contributed by atoms with Crippen LogP contribution in [0.5, 0.6) is 0 Å². The Kier molecular flexibility index (Phi) is 3.54. The lowest BCUT2D eigenvalue weighted by Crippen LogP contribution is -2.40. The van der Waals surface area contributed by atoms with Gasteiger partial charge in [-0.1, -0.05) is 30.3 Å². The number of benzene rings is 1. The van der Waals surface area contributed by atoms with Gasteiger partial charge in [0.05, 0.1) is 19.2 Å². The molecule has 1 saturated heterocycles. The maximum absolute atomic E-state index is 12.4. The quantitative estimate of drug-likeness (QED) is 0.874. The molecule has 0 saturated carbocycles. The Labute approximate surface area is 129 Å². The number of rotatable bonds is 3. The van der Waals surface area contributed by atoms with Gasteiger partial charge in [-0.3, -0.25) is 9.74 Å². The van der Waals surface area contributed by atoms with Gasteiger partial charge in [0, 0.05) is 18.0 Å². The first kappa shape index (κ1) is 14.5. The zero-order valence-corrected chi connectivity index (χ0v) is 12.9. The third-order valence-corrected chi connectivity index (χ3v) is 3.67. The molecule has 114 valence electrons. The van der Waals surface area contributed by atoms with Crippen LogP contribution in [0.3, 0.4) is 0 Å². The van der Waals surface area contributed by atoms with Crippen molar-refractivity contribution in [2.45, 2.75) is 19.4 Å². The van der Waals surface area contributed by atoms with Gasteiger partial charge >= 0.3 is 6.03 Å². The molecule has 0 spiro atoms. The van der Waals surface area contributed by atoms with Gasteiger partial charge in [0.1, 0.15) is 0 Å². The van der Waals surface area contributed by atoms with Crippen molar-refractivity contribution in [3.8, 4) is 11.1 Å². The van der Waals surface area contributed by atoms with Crippen molar-refractivity contribution < 1.29 is 9.63 Å². The van der Waals surface area contributed by atoms with E-state index in [-0.39, 0.29) is 6.03 Å². The highest BCUT2D eigenvalue weighted by molar-refractivity contribution is 5.92. The number of amides is 2. The first-order chi connectivity index (χ1) is 10.5. The van der Waals surface area contributed by atoms with Crippen LogP contribution in [0, 0.1) is 0 Å². The summed E-state index contributed by atoms with van der Waals surface area (Å²) >= 11 is 0. The van der Waals surface area contributed by atoms with Crippen LogP contribution in [-0.4, -0.2) is 40.3 Å². The summed E-state index contributed by atoms with van der Waals surface area (Å²) in [4.78, 5) is 27.7. The lowest BCUT2D eigenvalue weighted by Gasteiger charge is -2.25. The zero-order chi connectivity index (χ0) is 15.7. The van der Waals surface area contributed by atoms with Crippen molar-refractivity contribution in [3.63, 3.8) is 0 Å². The number of hydroxylamine groups is 2. The van der Waals surface area contributed by atoms with E-state index in [4.69, 9.17) is 4.84 Å². The molecular formula is C16H18N4O2. The van der Waals surface area contributed by atoms with Crippen molar-refractivity contribution in [2.24, 2.45) is 0 Å². The second kappa shape index (κ2) is 5.38. The molecular weight excluding hydrogens is 280 g/mol. The van der Waals surface area contributed by atoms with Crippen LogP contribution in [0.25, 0.3) is 11.1 Å². The minimum Gasteiger partial charge on any atom is -0.272 e. The van der Waals surface area contributed by atoms with Gasteiger partial charge in [0.25, 0.3) is 0 Å². The molecule has 0 atom stereocenters. The fourth-order valence-electron chi connectivity index (χ4n) is 2.61. The van der Waals surface area contributed by atoms with Crippen LogP contribution in [0.15, 0.2) is 42.7 Å². The van der Waals surface area contributed by atoms with Crippen LogP contribution in [0.4, 0.5) is 10.7 Å². The van der Waals surface area contributed by atoms with Gasteiger partial charge in [0.15, 0.2) is 0 Å². The number of aromatic nitrogens is 2. The first-order valence-corrected chi connectivity index (χ1v) is 7.06. The second-order valence-corrected chi connectivity index (χ2v) is 5.80. The summed E-state index contributed by atoms with van der Waals surface area (Å²) in [5.74, 6) is 0.386. The molecule has 1 aromatic heterocycles. The molecule has 0 N–H and O–H groups in total. The normalized spacial score (nSPS) is 17.1. The van der Waals surface area contributed by atoms with E-state index in [0.717, 1.165) is 11.1 Å². The molecule has 1 aromatic carbocycles. The molecule has 2 heterocycles. The summed E-state index contributed by atoms with van der Waals surface area (Å²) < 4.78 is 0. The van der Waals surface area contributed by atoms with E-state index in [1.807, 2.05) is 44.2 Å². The molecule has 0 aliphatic carbocycles. The highest BCUT2D eigenvalue weighted by Crippen LogP contribution is 2.29. The monoisotopic (exact) mass is 298 g/mol. The maximum Gasteiger partial charge on any atom is 0.351 e. The van der Waals surface area contributed by atoms with Gasteiger partial charge in [0.2, 0.25) is 5.95 Å². The summed E-state index contributed by atoms with van der Waals surface area (Å²) in [6.07, 6.45) is 3.46. The van der Waals surface area contributed by atoms with Gasteiger partial charge in [-0.15, -0.1) is 0 Å². The number of carbonyl (C=O) groups is 1. The average Bonchev–Trinajstić information content (AvgIpc) is 2.77. The molecule has 1 aliphatic heterocycles. The molecule has 3 rings (SSSR count). The molecule has 0 unspecified atom stereocenters. The lowest BCUT2D eigenvalue weighted by atomic mass is 10.1. The van der Waals surface area contributed by atoms with E-state index < -0.39 is 5.54 Å². The minimum absolute atomic E-state index is 0.250. The standard InChI is InChI=1S/C16H18N4O2/c1-16(2)11-19(15(21)20(16)22-3)14-17-9-13(10-18-14)12-7-5-4-6-8-12/h4-10H,11H2,1-3H3. The molecule has 6 heteroatoms. The van der Waals surface area contributed by atoms with Gasteiger partial charge in [-0.25, -0.2) is 14.8 Å². The molecule has 2 aromatic rings. The lowest BCUT2D eigenvalue weighted by molar-refractivity contribution is -0.127. The number of anilines is 1. The number of hydrogen-bond acceptors (Lipinski definition) is 4. The van der Waals surface area contributed by atoms with Crippen LogP contribution < -0.4 is 4.90 Å². The van der Waals surface area contributed by atoms with E-state index in [9.17, 15) is 4.79 Å². The highest BCUT2D eigenvalue weighted by atomic mass is 16.7. The second-order valence-electron chi connectivity index (χ2n) is 5.80. The van der Waals surface area contributed by atoms with E-state index in [0.29, 0.717) is 12.5 Å². The van der Waals surface area contributed by atoms with E-state index in [1.54, 1.807) is 12.4 Å². The molecule has 1 aliphatic rings. The summed E-state index contributed by atoms with van der Waals surface area (Å²) in [6, 6.07) is 9.63. The number of carbonyl (C=O) groups excluding carboxylic acids is 1. The summed E-state index contributed by atoms with van der Waals surface area (Å²) in [5.41, 5.74) is 1.53. The topological polar surface area (TPSA) is 58.6 Å². The molecule has 2 amide bonds. The molecule has 0 bridgehead atoms. The molecule has 6 nitrogen and oxygen atoms in total. The summed E-state index contributed by atoms with van der Waals surface area (Å²) in [7, 11) is 1.49. The van der Waals surface area contributed by atoms with Crippen molar-refractivity contribution in [1.29, 1.82) is 0 Å². The number of urea groups is 1. The maximum atomic E-state index is 12.4. The third-order valence-electron chi connectivity index (χ3n) is 3.67. The molecule has 0 radical (unpaired) electrons. The van der Waals surface area contributed by atoms with Crippen LogP contribution in [0.2, 0.25) is 0 Å². The van der Waals surface area contributed by atoms with Crippen molar-refractivity contribution in [2.75, 3.05) is 18.6 Å².